The van der Waals surface area contributed by atoms with Gasteiger partial charge in [-0.25, -0.2) is 4.39 Å². The summed E-state index contributed by atoms with van der Waals surface area (Å²) in [5, 5.41) is 0. The first-order chi connectivity index (χ1) is 10.0. The lowest BCUT2D eigenvalue weighted by Gasteiger charge is -2.29. The zero-order chi connectivity index (χ0) is 15.0. The minimum absolute atomic E-state index is 0.134. The summed E-state index contributed by atoms with van der Waals surface area (Å²) in [6.07, 6.45) is 0.801. The number of nitrogens with two attached hydrogens (primary N) is 1. The Bertz CT molecular complexity index is 692. The highest BCUT2D eigenvalue weighted by Gasteiger charge is 2.22. The van der Waals surface area contributed by atoms with E-state index in [-0.39, 0.29) is 11.7 Å². The number of aryl methyl sites for hydroxylation is 1. The molecule has 1 heterocycles. The normalized spacial score (nSPS) is 13.9. The third-order valence-electron chi connectivity index (χ3n) is 3.82. The van der Waals surface area contributed by atoms with Crippen LogP contribution in [0.15, 0.2) is 36.4 Å². The van der Waals surface area contributed by atoms with E-state index in [2.05, 4.69) is 0 Å². The molecular formula is C17H17FN2O. The molecule has 0 radical (unpaired) electrons. The van der Waals surface area contributed by atoms with Crippen LogP contribution in [0.4, 0.5) is 10.1 Å². The second-order valence-corrected chi connectivity index (χ2v) is 5.52. The van der Waals surface area contributed by atoms with Crippen LogP contribution in [-0.4, -0.2) is 17.4 Å². The number of rotatable bonds is 1. The molecule has 1 aliphatic rings. The van der Waals surface area contributed by atoms with Gasteiger partial charge in [-0.1, -0.05) is 6.07 Å². The summed E-state index contributed by atoms with van der Waals surface area (Å²) < 4.78 is 13.5. The SMILES string of the molecule is Cc1cc(F)cc(C(=O)N2CCc3ccc(N)cc3C2)c1. The first-order valence-corrected chi connectivity index (χ1v) is 6.97. The van der Waals surface area contributed by atoms with Gasteiger partial charge in [0.2, 0.25) is 0 Å². The molecule has 2 aromatic rings. The summed E-state index contributed by atoms with van der Waals surface area (Å²) in [7, 11) is 0. The highest BCUT2D eigenvalue weighted by molar-refractivity contribution is 5.94. The van der Waals surface area contributed by atoms with Crippen molar-refractivity contribution in [2.45, 2.75) is 19.9 Å². The van der Waals surface area contributed by atoms with Gasteiger partial charge in [0.25, 0.3) is 5.91 Å². The van der Waals surface area contributed by atoms with Crippen LogP contribution in [0.3, 0.4) is 0 Å². The van der Waals surface area contributed by atoms with Gasteiger partial charge in [-0.15, -0.1) is 0 Å². The molecule has 0 aromatic heterocycles. The summed E-state index contributed by atoms with van der Waals surface area (Å²) in [6.45, 7) is 2.95. The maximum atomic E-state index is 13.5. The first kappa shape index (κ1) is 13.6. The zero-order valence-corrected chi connectivity index (χ0v) is 11.9. The predicted molar refractivity (Wildman–Crippen MR) is 80.4 cm³/mol. The van der Waals surface area contributed by atoms with Crippen molar-refractivity contribution < 1.29 is 9.18 Å². The van der Waals surface area contributed by atoms with Gasteiger partial charge < -0.3 is 10.6 Å². The quantitative estimate of drug-likeness (QED) is 0.818. The van der Waals surface area contributed by atoms with Gasteiger partial charge in [0.15, 0.2) is 0 Å². The van der Waals surface area contributed by atoms with Crippen molar-refractivity contribution in [3.8, 4) is 0 Å². The first-order valence-electron chi connectivity index (χ1n) is 6.97. The van der Waals surface area contributed by atoms with Crippen molar-refractivity contribution in [3.63, 3.8) is 0 Å². The summed E-state index contributed by atoms with van der Waals surface area (Å²) in [5.41, 5.74) is 9.95. The van der Waals surface area contributed by atoms with E-state index >= 15 is 0 Å². The summed E-state index contributed by atoms with van der Waals surface area (Å²) in [4.78, 5) is 14.3. The van der Waals surface area contributed by atoms with E-state index in [1.54, 1.807) is 17.9 Å². The van der Waals surface area contributed by atoms with Crippen molar-refractivity contribution in [1.82, 2.24) is 4.90 Å². The van der Waals surface area contributed by atoms with E-state index in [0.717, 1.165) is 17.5 Å². The van der Waals surface area contributed by atoms with Gasteiger partial charge in [-0.2, -0.15) is 0 Å². The van der Waals surface area contributed by atoms with Crippen molar-refractivity contribution in [1.29, 1.82) is 0 Å². The van der Waals surface area contributed by atoms with Crippen LogP contribution < -0.4 is 5.73 Å². The van der Waals surface area contributed by atoms with Crippen LogP contribution >= 0.6 is 0 Å². The number of halogens is 1. The Morgan fingerprint density at radius 2 is 2.00 bits per heavy atom. The molecule has 3 rings (SSSR count). The number of nitrogens with zero attached hydrogens (tertiary/aromatic N) is 1. The molecule has 0 aliphatic carbocycles. The molecule has 21 heavy (non-hydrogen) atoms. The number of hydrogen-bond donors (Lipinski definition) is 1. The second kappa shape index (κ2) is 5.20. The van der Waals surface area contributed by atoms with Gasteiger partial charge in [0, 0.05) is 24.3 Å². The van der Waals surface area contributed by atoms with Gasteiger partial charge in [0.1, 0.15) is 5.82 Å². The van der Waals surface area contributed by atoms with Gasteiger partial charge in [-0.3, -0.25) is 4.79 Å². The molecule has 0 saturated carbocycles. The molecule has 1 amide bonds. The third-order valence-corrected chi connectivity index (χ3v) is 3.82. The Balaban J connectivity index is 1.86. The molecule has 0 bridgehead atoms. The number of fused-ring (bicyclic) bond motifs is 1. The molecular weight excluding hydrogens is 267 g/mol. The summed E-state index contributed by atoms with van der Waals surface area (Å²) in [5.74, 6) is -0.509. The average molecular weight is 284 g/mol. The lowest BCUT2D eigenvalue weighted by atomic mass is 9.98. The number of benzene rings is 2. The second-order valence-electron chi connectivity index (χ2n) is 5.52. The molecule has 0 spiro atoms. The van der Waals surface area contributed by atoms with Crippen LogP contribution in [0.25, 0.3) is 0 Å². The maximum Gasteiger partial charge on any atom is 0.254 e. The summed E-state index contributed by atoms with van der Waals surface area (Å²) in [6, 6.07) is 10.2. The number of amides is 1. The van der Waals surface area contributed by atoms with Crippen molar-refractivity contribution >= 4 is 11.6 Å². The molecule has 2 N–H and O–H groups in total. The van der Waals surface area contributed by atoms with E-state index in [1.165, 1.54) is 17.7 Å². The number of anilines is 1. The van der Waals surface area contributed by atoms with Crippen molar-refractivity contribution in [2.24, 2.45) is 0 Å². The Labute approximate surface area is 123 Å². The van der Waals surface area contributed by atoms with Crippen molar-refractivity contribution in [3.05, 3.63) is 64.5 Å². The molecule has 3 nitrogen and oxygen atoms in total. The van der Waals surface area contributed by atoms with E-state index < -0.39 is 0 Å². The lowest BCUT2D eigenvalue weighted by Crippen LogP contribution is -2.36. The van der Waals surface area contributed by atoms with Crippen LogP contribution in [0.5, 0.6) is 0 Å². The van der Waals surface area contributed by atoms with Crippen molar-refractivity contribution in [2.75, 3.05) is 12.3 Å². The highest BCUT2D eigenvalue weighted by atomic mass is 19.1. The number of carbonyl (C=O) groups is 1. The topological polar surface area (TPSA) is 46.3 Å². The van der Waals surface area contributed by atoms with Crippen LogP contribution in [-0.2, 0) is 13.0 Å². The number of nitrogen functional groups attached to an aromatic ring is 1. The Hall–Kier alpha value is -2.36. The van der Waals surface area contributed by atoms with Crippen LogP contribution in [0.2, 0.25) is 0 Å². The van der Waals surface area contributed by atoms with Crippen LogP contribution in [0, 0.1) is 12.7 Å². The standard InChI is InChI=1S/C17H17FN2O/c1-11-6-13(8-15(18)7-11)17(21)20-5-4-12-2-3-16(19)9-14(12)10-20/h2-3,6-9H,4-5,10,19H2,1H3. The molecule has 108 valence electrons. The maximum absolute atomic E-state index is 13.5. The van der Waals surface area contributed by atoms with Crippen LogP contribution in [0.1, 0.15) is 27.0 Å². The van der Waals surface area contributed by atoms with E-state index in [4.69, 9.17) is 5.73 Å². The Morgan fingerprint density at radius 3 is 2.76 bits per heavy atom. The highest BCUT2D eigenvalue weighted by Crippen LogP contribution is 2.23. The van der Waals surface area contributed by atoms with E-state index in [0.29, 0.717) is 24.3 Å². The molecule has 4 heteroatoms. The number of carbonyl (C=O) groups excluding carboxylic acids is 1. The molecule has 0 atom stereocenters. The van der Waals surface area contributed by atoms with E-state index in [1.807, 2.05) is 18.2 Å². The molecule has 1 aliphatic heterocycles. The largest absolute Gasteiger partial charge is 0.399 e. The lowest BCUT2D eigenvalue weighted by molar-refractivity contribution is 0.0734. The fourth-order valence-corrected chi connectivity index (χ4v) is 2.79. The van der Waals surface area contributed by atoms with Gasteiger partial charge in [0.05, 0.1) is 0 Å². The number of hydrogen-bond acceptors (Lipinski definition) is 2. The third kappa shape index (κ3) is 2.75. The molecule has 0 fully saturated rings. The average Bonchev–Trinajstić information content (AvgIpc) is 2.44. The molecule has 0 unspecified atom stereocenters. The smallest absolute Gasteiger partial charge is 0.254 e. The monoisotopic (exact) mass is 284 g/mol. The minimum Gasteiger partial charge on any atom is -0.399 e. The minimum atomic E-state index is -0.375. The Morgan fingerprint density at radius 1 is 1.19 bits per heavy atom. The zero-order valence-electron chi connectivity index (χ0n) is 11.9. The summed E-state index contributed by atoms with van der Waals surface area (Å²) >= 11 is 0. The molecule has 2 aromatic carbocycles. The van der Waals surface area contributed by atoms with Gasteiger partial charge in [-0.05, 0) is 60.4 Å². The Kier molecular flexibility index (Phi) is 3.37. The fraction of sp³-hybridized carbons (Fsp3) is 0.235. The fourth-order valence-electron chi connectivity index (χ4n) is 2.79. The van der Waals surface area contributed by atoms with Gasteiger partial charge >= 0.3 is 0 Å². The van der Waals surface area contributed by atoms with E-state index in [9.17, 15) is 9.18 Å². The predicted octanol–water partition coefficient (Wildman–Crippen LogP) is 2.91. The molecule has 0 saturated heterocycles.